The van der Waals surface area contributed by atoms with Gasteiger partial charge >= 0.3 is 23.9 Å². The first-order valence-electron chi connectivity index (χ1n) is 15.2. The number of hydrogen-bond donors (Lipinski definition) is 9. The normalized spacial score (nSPS) is 12.6. The van der Waals surface area contributed by atoms with E-state index >= 15 is 0 Å². The van der Waals surface area contributed by atoms with E-state index in [0.29, 0.717) is 16.9 Å². The number of carboxylic acids is 4. The van der Waals surface area contributed by atoms with E-state index in [1.54, 1.807) is 24.1 Å². The lowest BCUT2D eigenvalue weighted by atomic mass is 10.1. The summed E-state index contributed by atoms with van der Waals surface area (Å²) in [7, 11) is 1.76. The van der Waals surface area contributed by atoms with Crippen molar-refractivity contribution in [3.8, 4) is 0 Å². The van der Waals surface area contributed by atoms with Gasteiger partial charge in [-0.1, -0.05) is 0 Å². The van der Waals surface area contributed by atoms with E-state index in [4.69, 9.17) is 21.7 Å². The Kier molecular flexibility index (Phi) is 13.4. The predicted molar refractivity (Wildman–Crippen MR) is 176 cm³/mol. The first-order valence-corrected chi connectivity index (χ1v) is 15.2. The number of carbonyl (C=O) groups is 7. The van der Waals surface area contributed by atoms with Crippen LogP contribution in [0.1, 0.15) is 54.6 Å². The molecule has 0 unspecified atom stereocenters. The van der Waals surface area contributed by atoms with Crippen LogP contribution in [0.3, 0.4) is 0 Å². The van der Waals surface area contributed by atoms with Crippen LogP contribution in [0.2, 0.25) is 0 Å². The van der Waals surface area contributed by atoms with E-state index in [0.717, 1.165) is 0 Å². The number of hydrogen-bond acceptors (Lipinski definition) is 14. The molecule has 21 heteroatoms. The first-order chi connectivity index (χ1) is 24.0. The molecule has 0 bridgehead atoms. The van der Waals surface area contributed by atoms with Crippen LogP contribution in [0.15, 0.2) is 30.5 Å². The Balaban J connectivity index is 1.52. The Labute approximate surface area is 288 Å². The molecular formula is C30H36N10O11. The summed E-state index contributed by atoms with van der Waals surface area (Å²) in [6.45, 7) is 0.289. The van der Waals surface area contributed by atoms with Crippen molar-refractivity contribution in [3.63, 3.8) is 0 Å². The summed E-state index contributed by atoms with van der Waals surface area (Å²) in [4.78, 5) is 101. The molecule has 1 aromatic carbocycles. The maximum Gasteiger partial charge on any atom is 0.326 e. The van der Waals surface area contributed by atoms with Crippen molar-refractivity contribution in [1.82, 2.24) is 35.9 Å². The number of nitrogens with zero attached hydrogens (tertiary/aromatic N) is 5. The minimum atomic E-state index is -1.58. The van der Waals surface area contributed by atoms with Gasteiger partial charge in [0, 0.05) is 37.6 Å². The van der Waals surface area contributed by atoms with Gasteiger partial charge in [0.15, 0.2) is 17.0 Å². The molecule has 51 heavy (non-hydrogen) atoms. The molecule has 2 heterocycles. The molecule has 0 saturated carbocycles. The smallest absolute Gasteiger partial charge is 0.326 e. The fraction of sp³-hybridized carbons (Fsp3) is 0.367. The van der Waals surface area contributed by atoms with Gasteiger partial charge in [0.2, 0.25) is 17.8 Å². The second-order valence-electron chi connectivity index (χ2n) is 11.2. The molecule has 0 aliphatic heterocycles. The molecule has 11 N–H and O–H groups in total. The van der Waals surface area contributed by atoms with Gasteiger partial charge in [-0.2, -0.15) is 9.97 Å². The molecule has 0 aliphatic carbocycles. The third-order valence-electron chi connectivity index (χ3n) is 7.31. The summed E-state index contributed by atoms with van der Waals surface area (Å²) in [6.07, 6.45) is -1.29. The highest BCUT2D eigenvalue weighted by molar-refractivity contribution is 5.97. The summed E-state index contributed by atoms with van der Waals surface area (Å²) in [5.74, 6) is -8.15. The highest BCUT2D eigenvalue weighted by Crippen LogP contribution is 2.19. The summed E-state index contributed by atoms with van der Waals surface area (Å²) >= 11 is 0. The van der Waals surface area contributed by atoms with Gasteiger partial charge < -0.3 is 52.7 Å². The topological polar surface area (TPSA) is 343 Å². The maximum atomic E-state index is 12.8. The van der Waals surface area contributed by atoms with Gasteiger partial charge in [-0.3, -0.25) is 19.2 Å². The highest BCUT2D eigenvalue weighted by atomic mass is 16.4. The summed E-state index contributed by atoms with van der Waals surface area (Å²) in [5.41, 5.74) is 13.3. The van der Waals surface area contributed by atoms with E-state index in [2.05, 4.69) is 35.9 Å². The number of nitrogens with two attached hydrogens (primary N) is 2. The van der Waals surface area contributed by atoms with Crippen LogP contribution in [0.5, 0.6) is 0 Å². The summed E-state index contributed by atoms with van der Waals surface area (Å²) < 4.78 is 0. The number of aromatic nitrogens is 4. The Morgan fingerprint density at radius 2 is 1.24 bits per heavy atom. The zero-order valence-corrected chi connectivity index (χ0v) is 27.1. The molecule has 3 rings (SSSR count). The Morgan fingerprint density at radius 1 is 0.725 bits per heavy atom. The van der Waals surface area contributed by atoms with Gasteiger partial charge in [0.1, 0.15) is 18.1 Å². The number of anilines is 3. The van der Waals surface area contributed by atoms with Crippen molar-refractivity contribution in [2.45, 2.75) is 63.2 Å². The fourth-order valence-corrected chi connectivity index (χ4v) is 4.63. The largest absolute Gasteiger partial charge is 0.481 e. The van der Waals surface area contributed by atoms with Crippen molar-refractivity contribution >= 4 is 70.2 Å². The van der Waals surface area contributed by atoms with Crippen LogP contribution in [0.4, 0.5) is 17.5 Å². The number of nitrogen functional groups attached to an aromatic ring is 2. The number of rotatable bonds is 19. The lowest BCUT2D eigenvalue weighted by Crippen LogP contribution is -2.45. The van der Waals surface area contributed by atoms with Crippen molar-refractivity contribution in [2.24, 2.45) is 0 Å². The Morgan fingerprint density at radius 3 is 1.75 bits per heavy atom. The minimum Gasteiger partial charge on any atom is -0.481 e. The number of fused-ring (bicyclic) bond motifs is 1. The second kappa shape index (κ2) is 17.6. The van der Waals surface area contributed by atoms with Crippen molar-refractivity contribution < 1.29 is 54.0 Å². The van der Waals surface area contributed by atoms with Crippen LogP contribution < -0.4 is 32.3 Å². The molecule has 0 spiro atoms. The van der Waals surface area contributed by atoms with E-state index in [9.17, 15) is 43.8 Å². The van der Waals surface area contributed by atoms with Crippen LogP contribution in [0.25, 0.3) is 11.2 Å². The SMILES string of the molecule is CN(Cc1cnc2nc(N)nc(N)c2n1)c1ccc(C(=O)N[C@@H](CCC(=O)N[C@@H](CCC(=O)N[C@@H](CCC(=O)O)C(=O)O)C(=O)O)C(=O)O)cc1. The molecule has 3 atom stereocenters. The second-order valence-corrected chi connectivity index (χ2v) is 11.2. The van der Waals surface area contributed by atoms with Crippen molar-refractivity contribution in [2.75, 3.05) is 23.4 Å². The van der Waals surface area contributed by atoms with E-state index in [1.165, 1.54) is 18.3 Å². The molecule has 3 amide bonds. The van der Waals surface area contributed by atoms with Crippen LogP contribution in [-0.2, 0) is 35.3 Å². The molecule has 0 aliphatic rings. The Bertz CT molecular complexity index is 1810. The predicted octanol–water partition coefficient (Wildman–Crippen LogP) is -1.03. The third kappa shape index (κ3) is 11.8. The highest BCUT2D eigenvalue weighted by Gasteiger charge is 2.26. The van der Waals surface area contributed by atoms with E-state index in [-0.39, 0.29) is 29.5 Å². The minimum absolute atomic E-state index is 0.0294. The molecule has 0 radical (unpaired) electrons. The summed E-state index contributed by atoms with van der Waals surface area (Å²) in [6, 6.07) is 1.56. The van der Waals surface area contributed by atoms with Gasteiger partial charge in [0.25, 0.3) is 5.91 Å². The number of aliphatic carboxylic acids is 4. The van der Waals surface area contributed by atoms with Crippen LogP contribution >= 0.6 is 0 Å². The van der Waals surface area contributed by atoms with E-state index < -0.39 is 98.2 Å². The fourth-order valence-electron chi connectivity index (χ4n) is 4.63. The lowest BCUT2D eigenvalue weighted by Gasteiger charge is -2.20. The number of benzene rings is 1. The molecule has 21 nitrogen and oxygen atoms in total. The Hall–Kier alpha value is -6.67. The average molecular weight is 713 g/mol. The molecule has 3 aromatic rings. The lowest BCUT2D eigenvalue weighted by molar-refractivity contribution is -0.144. The van der Waals surface area contributed by atoms with Crippen LogP contribution in [-0.4, -0.2) is 107 Å². The molecule has 272 valence electrons. The van der Waals surface area contributed by atoms with E-state index in [1.807, 2.05) is 0 Å². The van der Waals surface area contributed by atoms with Gasteiger partial charge in [-0.15, -0.1) is 0 Å². The zero-order valence-electron chi connectivity index (χ0n) is 27.1. The standard InChI is InChI=1S/C30H36N10O11/c1-40(13-15-12-33-25-23(34-15)24(31)38-30(32)39-25)16-4-2-14(3-5-16)26(45)37-19(29(50)51)7-10-21(42)35-17(27(46)47)6-9-20(41)36-18(28(48)49)8-11-22(43)44/h2-5,12,17-19H,6-11,13H2,1H3,(H,35,42)(H,36,41)(H,37,45)(H,43,44)(H,46,47)(H,48,49)(H,50,51)(H4,31,32,33,38,39)/t17-,18-,19-/m0/s1. The van der Waals surface area contributed by atoms with Crippen molar-refractivity contribution in [1.29, 1.82) is 0 Å². The van der Waals surface area contributed by atoms with Gasteiger partial charge in [0.05, 0.1) is 18.4 Å². The van der Waals surface area contributed by atoms with Gasteiger partial charge in [-0.05, 0) is 43.5 Å². The third-order valence-corrected chi connectivity index (χ3v) is 7.31. The quantitative estimate of drug-likeness (QED) is 0.0717. The monoisotopic (exact) mass is 712 g/mol. The molecule has 0 saturated heterocycles. The van der Waals surface area contributed by atoms with Gasteiger partial charge in [-0.25, -0.2) is 24.4 Å². The molecule has 2 aromatic heterocycles. The number of carbonyl (C=O) groups excluding carboxylic acids is 3. The number of carboxylic acid groups (broad SMARTS) is 4. The van der Waals surface area contributed by atoms with Crippen LogP contribution in [0, 0.1) is 0 Å². The van der Waals surface area contributed by atoms with Crippen molar-refractivity contribution in [3.05, 3.63) is 41.7 Å². The summed E-state index contributed by atoms with van der Waals surface area (Å²) in [5, 5.41) is 43.6. The molecule has 0 fully saturated rings. The molecular weight excluding hydrogens is 676 g/mol. The average Bonchev–Trinajstić information content (AvgIpc) is 3.06. The zero-order chi connectivity index (χ0) is 37.8. The first kappa shape index (κ1) is 38.8. The maximum absolute atomic E-state index is 12.8. The number of amides is 3. The number of nitrogens with one attached hydrogen (secondary N) is 3.